The fraction of sp³-hybridized carbons (Fsp3) is 0.800. The quantitative estimate of drug-likeness (QED) is 0.755. The Morgan fingerprint density at radius 2 is 1.81 bits per heavy atom. The molecule has 6 nitrogen and oxygen atoms in total. The lowest BCUT2D eigenvalue weighted by Crippen LogP contribution is -2.31. The van der Waals surface area contributed by atoms with Crippen molar-refractivity contribution < 1.29 is 4.74 Å². The van der Waals surface area contributed by atoms with Crippen LogP contribution >= 0.6 is 0 Å². The summed E-state index contributed by atoms with van der Waals surface area (Å²) in [6.45, 7) is 11.2. The minimum absolute atomic E-state index is 0.0395. The average Bonchev–Trinajstić information content (AvgIpc) is 2.43. The molecule has 0 fully saturated rings. The molecule has 0 aromatic carbocycles. The van der Waals surface area contributed by atoms with E-state index in [9.17, 15) is 0 Å². The maximum absolute atomic E-state index is 5.64. The number of rotatable bonds is 9. The van der Waals surface area contributed by atoms with Crippen molar-refractivity contribution in [2.75, 3.05) is 23.8 Å². The van der Waals surface area contributed by atoms with Gasteiger partial charge in [-0.25, -0.2) is 0 Å². The smallest absolute Gasteiger partial charge is 0.323 e. The van der Waals surface area contributed by atoms with Gasteiger partial charge in [0, 0.05) is 19.6 Å². The van der Waals surface area contributed by atoms with Crippen molar-refractivity contribution in [3.05, 3.63) is 0 Å². The molecule has 0 bridgehead atoms. The summed E-state index contributed by atoms with van der Waals surface area (Å²) in [5.41, 5.74) is 0. The van der Waals surface area contributed by atoms with Crippen molar-refractivity contribution in [2.45, 2.75) is 66.0 Å². The van der Waals surface area contributed by atoms with E-state index in [1.807, 2.05) is 20.9 Å². The molecular formula is C15H29N5O. The van der Waals surface area contributed by atoms with Crippen molar-refractivity contribution >= 4 is 11.9 Å². The Bertz CT molecular complexity index is 425. The molecule has 120 valence electrons. The Hall–Kier alpha value is -1.59. The van der Waals surface area contributed by atoms with Crippen LogP contribution in [-0.2, 0) is 0 Å². The van der Waals surface area contributed by atoms with E-state index in [0.717, 1.165) is 25.8 Å². The number of aromatic nitrogens is 3. The Morgan fingerprint density at radius 1 is 1.10 bits per heavy atom. The average molecular weight is 295 g/mol. The standard InChI is InChI=1S/C15H29N5O/c1-7-9-12(5)20(6)14-17-13(16-10-8-2)18-15(19-14)21-11(3)4/h11-12H,7-10H2,1-6H3,(H,16,17,18,19). The summed E-state index contributed by atoms with van der Waals surface area (Å²) in [6.07, 6.45) is 3.29. The van der Waals surface area contributed by atoms with Crippen LogP contribution in [0.3, 0.4) is 0 Å². The highest BCUT2D eigenvalue weighted by Gasteiger charge is 2.16. The van der Waals surface area contributed by atoms with Crippen LogP contribution in [0, 0.1) is 0 Å². The zero-order valence-electron chi connectivity index (χ0n) is 14.2. The van der Waals surface area contributed by atoms with Gasteiger partial charge in [-0.3, -0.25) is 0 Å². The van der Waals surface area contributed by atoms with Gasteiger partial charge in [0.05, 0.1) is 6.10 Å². The summed E-state index contributed by atoms with van der Waals surface area (Å²) in [7, 11) is 2.01. The van der Waals surface area contributed by atoms with E-state index in [-0.39, 0.29) is 6.10 Å². The van der Waals surface area contributed by atoms with E-state index in [0.29, 0.717) is 23.9 Å². The zero-order valence-corrected chi connectivity index (χ0v) is 14.2. The number of hydrogen-bond acceptors (Lipinski definition) is 6. The molecule has 1 aromatic rings. The fourth-order valence-corrected chi connectivity index (χ4v) is 1.89. The monoisotopic (exact) mass is 295 g/mol. The topological polar surface area (TPSA) is 63.2 Å². The summed E-state index contributed by atoms with van der Waals surface area (Å²) in [6, 6.07) is 0.757. The van der Waals surface area contributed by atoms with Crippen LogP contribution in [0.5, 0.6) is 6.01 Å². The first-order valence-corrected chi connectivity index (χ1v) is 7.87. The van der Waals surface area contributed by atoms with Gasteiger partial charge in [0.2, 0.25) is 11.9 Å². The number of ether oxygens (including phenoxy) is 1. The lowest BCUT2D eigenvalue weighted by molar-refractivity contribution is 0.222. The Kier molecular flexibility index (Phi) is 7.19. The van der Waals surface area contributed by atoms with Crippen molar-refractivity contribution in [1.82, 2.24) is 15.0 Å². The summed E-state index contributed by atoms with van der Waals surface area (Å²) >= 11 is 0. The van der Waals surface area contributed by atoms with Gasteiger partial charge < -0.3 is 15.0 Å². The molecule has 6 heteroatoms. The Labute approximate surface area is 128 Å². The fourth-order valence-electron chi connectivity index (χ4n) is 1.89. The van der Waals surface area contributed by atoms with E-state index in [4.69, 9.17) is 4.74 Å². The molecule has 0 amide bonds. The molecule has 1 N–H and O–H groups in total. The van der Waals surface area contributed by atoms with Crippen molar-refractivity contribution in [3.63, 3.8) is 0 Å². The number of nitrogens with zero attached hydrogens (tertiary/aromatic N) is 4. The molecule has 0 saturated heterocycles. The second-order valence-corrected chi connectivity index (χ2v) is 5.58. The van der Waals surface area contributed by atoms with E-state index < -0.39 is 0 Å². The van der Waals surface area contributed by atoms with Gasteiger partial charge in [-0.2, -0.15) is 15.0 Å². The molecule has 1 rings (SSSR count). The maximum atomic E-state index is 5.64. The van der Waals surface area contributed by atoms with Crippen molar-refractivity contribution in [1.29, 1.82) is 0 Å². The Balaban J connectivity index is 2.99. The molecule has 1 atom stereocenters. The van der Waals surface area contributed by atoms with Crippen LogP contribution in [0.25, 0.3) is 0 Å². The van der Waals surface area contributed by atoms with Gasteiger partial charge in [0.15, 0.2) is 0 Å². The largest absolute Gasteiger partial charge is 0.461 e. The minimum atomic E-state index is 0.0395. The number of anilines is 2. The van der Waals surface area contributed by atoms with Gasteiger partial charge in [0.1, 0.15) is 0 Å². The molecule has 0 saturated carbocycles. The van der Waals surface area contributed by atoms with Crippen LogP contribution in [0.2, 0.25) is 0 Å². The number of hydrogen-bond donors (Lipinski definition) is 1. The van der Waals surface area contributed by atoms with Crippen molar-refractivity contribution in [2.24, 2.45) is 0 Å². The second-order valence-electron chi connectivity index (χ2n) is 5.58. The van der Waals surface area contributed by atoms with Gasteiger partial charge >= 0.3 is 6.01 Å². The molecule has 1 aromatic heterocycles. The van der Waals surface area contributed by atoms with Crippen LogP contribution in [0.15, 0.2) is 0 Å². The van der Waals surface area contributed by atoms with E-state index in [1.54, 1.807) is 0 Å². The highest BCUT2D eigenvalue weighted by Crippen LogP contribution is 2.18. The molecule has 1 unspecified atom stereocenters. The van der Waals surface area contributed by atoms with Gasteiger partial charge in [-0.05, 0) is 33.6 Å². The first-order valence-electron chi connectivity index (χ1n) is 7.87. The predicted octanol–water partition coefficient (Wildman–Crippen LogP) is 3.11. The van der Waals surface area contributed by atoms with Crippen LogP contribution in [0.1, 0.15) is 53.9 Å². The van der Waals surface area contributed by atoms with Crippen molar-refractivity contribution in [3.8, 4) is 6.01 Å². The number of nitrogens with one attached hydrogen (secondary N) is 1. The molecule has 21 heavy (non-hydrogen) atoms. The van der Waals surface area contributed by atoms with Crippen LogP contribution < -0.4 is 15.0 Å². The molecule has 0 spiro atoms. The molecule has 0 radical (unpaired) electrons. The summed E-state index contributed by atoms with van der Waals surface area (Å²) in [5, 5.41) is 3.21. The second kappa shape index (κ2) is 8.64. The highest BCUT2D eigenvalue weighted by molar-refractivity contribution is 5.38. The lowest BCUT2D eigenvalue weighted by atomic mass is 10.2. The third-order valence-corrected chi connectivity index (χ3v) is 3.16. The Morgan fingerprint density at radius 3 is 2.38 bits per heavy atom. The van der Waals surface area contributed by atoms with E-state index in [1.165, 1.54) is 0 Å². The third kappa shape index (κ3) is 5.73. The summed E-state index contributed by atoms with van der Waals surface area (Å²) in [4.78, 5) is 15.3. The predicted molar refractivity (Wildman–Crippen MR) is 87.1 cm³/mol. The third-order valence-electron chi connectivity index (χ3n) is 3.16. The normalized spacial score (nSPS) is 12.3. The molecular weight excluding hydrogens is 266 g/mol. The van der Waals surface area contributed by atoms with E-state index >= 15 is 0 Å². The highest BCUT2D eigenvalue weighted by atomic mass is 16.5. The lowest BCUT2D eigenvalue weighted by Gasteiger charge is -2.25. The van der Waals surface area contributed by atoms with Crippen LogP contribution in [-0.4, -0.2) is 40.7 Å². The first kappa shape index (κ1) is 17.5. The molecule has 0 aliphatic carbocycles. The minimum Gasteiger partial charge on any atom is -0.461 e. The van der Waals surface area contributed by atoms with Crippen LogP contribution in [0.4, 0.5) is 11.9 Å². The molecule has 0 aliphatic rings. The van der Waals surface area contributed by atoms with Gasteiger partial charge in [-0.1, -0.05) is 20.3 Å². The van der Waals surface area contributed by atoms with E-state index in [2.05, 4.69) is 45.9 Å². The molecule has 1 heterocycles. The first-order chi connectivity index (χ1) is 9.97. The molecule has 0 aliphatic heterocycles. The SMILES string of the molecule is CCCNc1nc(OC(C)C)nc(N(C)C(C)CCC)n1. The van der Waals surface area contributed by atoms with Gasteiger partial charge in [-0.15, -0.1) is 0 Å². The summed E-state index contributed by atoms with van der Waals surface area (Å²) < 4.78 is 5.64. The summed E-state index contributed by atoms with van der Waals surface area (Å²) in [5.74, 6) is 1.23. The maximum Gasteiger partial charge on any atom is 0.323 e. The zero-order chi connectivity index (χ0) is 15.8. The van der Waals surface area contributed by atoms with Gasteiger partial charge in [0.25, 0.3) is 0 Å².